The minimum absolute atomic E-state index is 0. The third-order valence-corrected chi connectivity index (χ3v) is 5.39. The molecule has 1 saturated carbocycles. The van der Waals surface area contributed by atoms with Crippen molar-refractivity contribution in [3.8, 4) is 0 Å². The van der Waals surface area contributed by atoms with Crippen molar-refractivity contribution in [1.29, 1.82) is 0 Å². The van der Waals surface area contributed by atoms with Crippen molar-refractivity contribution in [3.05, 3.63) is 35.9 Å². The molecule has 0 radical (unpaired) electrons. The first-order valence-corrected chi connectivity index (χ1v) is 8.85. The molecule has 1 N–H and O–H groups in total. The maximum atomic E-state index is 5.65. The van der Waals surface area contributed by atoms with Gasteiger partial charge < -0.3 is 15.0 Å². The molecule has 3 rings (SSSR count). The Morgan fingerprint density at radius 2 is 1.83 bits per heavy atom. The van der Waals surface area contributed by atoms with Gasteiger partial charge in [-0.05, 0) is 30.2 Å². The second kappa shape index (κ2) is 9.61. The summed E-state index contributed by atoms with van der Waals surface area (Å²) in [7, 11) is 3.65. The molecule has 1 aliphatic carbocycles. The van der Waals surface area contributed by atoms with Crippen LogP contribution in [0.5, 0.6) is 0 Å². The summed E-state index contributed by atoms with van der Waals surface area (Å²) in [6, 6.07) is 10.4. The number of nitrogens with one attached hydrogen (secondary N) is 1. The fourth-order valence-electron chi connectivity index (χ4n) is 4.10. The van der Waals surface area contributed by atoms with Crippen LogP contribution in [0.1, 0.15) is 37.4 Å². The molecule has 0 amide bonds. The topological polar surface area (TPSA) is 36.9 Å². The summed E-state index contributed by atoms with van der Waals surface area (Å²) >= 11 is 0. The van der Waals surface area contributed by atoms with E-state index in [2.05, 4.69) is 39.5 Å². The summed E-state index contributed by atoms with van der Waals surface area (Å²) in [5.74, 6) is 2.77. The number of benzene rings is 1. The van der Waals surface area contributed by atoms with E-state index in [1.807, 2.05) is 13.1 Å². The van der Waals surface area contributed by atoms with Crippen LogP contribution < -0.4 is 5.32 Å². The maximum Gasteiger partial charge on any atom is 0.193 e. The van der Waals surface area contributed by atoms with Crippen molar-refractivity contribution < 1.29 is 4.74 Å². The molecule has 5 heteroatoms. The number of likely N-dealkylation sites (tertiary alicyclic amines) is 1. The average Bonchev–Trinajstić information content (AvgIpc) is 3.03. The highest BCUT2D eigenvalue weighted by molar-refractivity contribution is 14.0. The molecule has 2 aliphatic rings. The van der Waals surface area contributed by atoms with Crippen molar-refractivity contribution in [3.63, 3.8) is 0 Å². The zero-order valence-corrected chi connectivity index (χ0v) is 17.1. The Morgan fingerprint density at radius 1 is 1.21 bits per heavy atom. The fourth-order valence-corrected chi connectivity index (χ4v) is 4.10. The molecule has 1 aliphatic heterocycles. The van der Waals surface area contributed by atoms with Gasteiger partial charge in [-0.3, -0.25) is 4.99 Å². The highest BCUT2D eigenvalue weighted by Crippen LogP contribution is 2.35. The van der Waals surface area contributed by atoms with Crippen LogP contribution in [0, 0.1) is 11.8 Å². The Kier molecular flexibility index (Phi) is 7.81. The van der Waals surface area contributed by atoms with Crippen LogP contribution in [-0.4, -0.2) is 44.7 Å². The maximum absolute atomic E-state index is 5.65. The van der Waals surface area contributed by atoms with Crippen molar-refractivity contribution in [1.82, 2.24) is 10.2 Å². The lowest BCUT2D eigenvalue weighted by atomic mass is 9.82. The minimum atomic E-state index is 0. The number of nitrogens with zero attached hydrogens (tertiary/aromatic N) is 2. The van der Waals surface area contributed by atoms with E-state index in [1.165, 1.54) is 31.2 Å². The molecule has 0 aromatic heterocycles. The Labute approximate surface area is 163 Å². The molecule has 1 heterocycles. The number of rotatable bonds is 4. The monoisotopic (exact) mass is 443 g/mol. The molecule has 4 nitrogen and oxygen atoms in total. The summed E-state index contributed by atoms with van der Waals surface area (Å²) in [6.07, 6.45) is 5.64. The molecule has 2 fully saturated rings. The molecule has 24 heavy (non-hydrogen) atoms. The smallest absolute Gasteiger partial charge is 0.193 e. The Morgan fingerprint density at radius 3 is 2.38 bits per heavy atom. The average molecular weight is 443 g/mol. The van der Waals surface area contributed by atoms with E-state index in [0.717, 1.165) is 37.4 Å². The summed E-state index contributed by atoms with van der Waals surface area (Å²) < 4.78 is 5.65. The highest BCUT2D eigenvalue weighted by Gasteiger charge is 2.35. The van der Waals surface area contributed by atoms with Gasteiger partial charge in [-0.15, -0.1) is 24.0 Å². The summed E-state index contributed by atoms with van der Waals surface area (Å²) in [5, 5.41) is 3.52. The van der Waals surface area contributed by atoms with Gasteiger partial charge >= 0.3 is 0 Å². The van der Waals surface area contributed by atoms with Gasteiger partial charge in [0.15, 0.2) is 5.96 Å². The number of hydrogen-bond donors (Lipinski definition) is 1. The van der Waals surface area contributed by atoms with E-state index < -0.39 is 0 Å². The van der Waals surface area contributed by atoms with Gasteiger partial charge in [0, 0.05) is 33.8 Å². The van der Waals surface area contributed by atoms with Gasteiger partial charge in [-0.2, -0.15) is 0 Å². The SMILES string of the molecule is CN=C(NCC(OC)c1ccccc1)N1CC2CCCCC2C1.I. The standard InChI is InChI=1S/C19H29N3O.HI/c1-20-19(22-13-16-10-6-7-11-17(16)14-22)21-12-18(23-2)15-8-4-3-5-9-15;/h3-5,8-9,16-18H,6-7,10-14H2,1-2H3,(H,20,21);1H. The highest BCUT2D eigenvalue weighted by atomic mass is 127. The summed E-state index contributed by atoms with van der Waals surface area (Å²) in [6.45, 7) is 3.07. The van der Waals surface area contributed by atoms with Crippen LogP contribution >= 0.6 is 24.0 Å². The van der Waals surface area contributed by atoms with Crippen molar-refractivity contribution >= 4 is 29.9 Å². The van der Waals surface area contributed by atoms with Gasteiger partial charge in [0.05, 0.1) is 6.10 Å². The van der Waals surface area contributed by atoms with E-state index in [0.29, 0.717) is 0 Å². The van der Waals surface area contributed by atoms with E-state index in [-0.39, 0.29) is 30.1 Å². The van der Waals surface area contributed by atoms with Gasteiger partial charge in [-0.1, -0.05) is 43.2 Å². The molecule has 3 unspecified atom stereocenters. The lowest BCUT2D eigenvalue weighted by molar-refractivity contribution is 0.106. The normalized spacial score (nSPS) is 24.9. The summed E-state index contributed by atoms with van der Waals surface area (Å²) in [5.41, 5.74) is 1.20. The number of halogens is 1. The molecule has 1 aromatic rings. The first-order valence-electron chi connectivity index (χ1n) is 8.85. The van der Waals surface area contributed by atoms with E-state index in [9.17, 15) is 0 Å². The lowest BCUT2D eigenvalue weighted by Gasteiger charge is -2.24. The fraction of sp³-hybridized carbons (Fsp3) is 0.632. The number of methoxy groups -OCH3 is 1. The zero-order chi connectivity index (χ0) is 16.1. The second-order valence-electron chi connectivity index (χ2n) is 6.77. The first-order chi connectivity index (χ1) is 11.3. The van der Waals surface area contributed by atoms with Crippen LogP contribution in [0.2, 0.25) is 0 Å². The lowest BCUT2D eigenvalue weighted by Crippen LogP contribution is -2.42. The van der Waals surface area contributed by atoms with Gasteiger partial charge in [0.1, 0.15) is 0 Å². The molecular formula is C19H30IN3O. The molecule has 0 bridgehead atoms. The van der Waals surface area contributed by atoms with Gasteiger partial charge in [-0.25, -0.2) is 0 Å². The predicted octanol–water partition coefficient (Wildman–Crippen LogP) is 3.69. The number of aliphatic imine (C=N–C) groups is 1. The number of fused-ring (bicyclic) bond motifs is 1. The number of guanidine groups is 1. The van der Waals surface area contributed by atoms with Crippen molar-refractivity contribution in [2.75, 3.05) is 33.8 Å². The molecular weight excluding hydrogens is 413 g/mol. The Bertz CT molecular complexity index is 509. The van der Waals surface area contributed by atoms with Crippen LogP contribution in [0.25, 0.3) is 0 Å². The molecule has 3 atom stereocenters. The Balaban J connectivity index is 0.00000208. The van der Waals surface area contributed by atoms with Crippen molar-refractivity contribution in [2.24, 2.45) is 16.8 Å². The summed E-state index contributed by atoms with van der Waals surface area (Å²) in [4.78, 5) is 6.95. The number of ether oxygens (including phenoxy) is 1. The van der Waals surface area contributed by atoms with Crippen LogP contribution in [0.3, 0.4) is 0 Å². The third kappa shape index (κ3) is 4.63. The predicted molar refractivity (Wildman–Crippen MR) is 110 cm³/mol. The van der Waals surface area contributed by atoms with Gasteiger partial charge in [0.25, 0.3) is 0 Å². The second-order valence-corrected chi connectivity index (χ2v) is 6.77. The van der Waals surface area contributed by atoms with E-state index >= 15 is 0 Å². The van der Waals surface area contributed by atoms with Crippen LogP contribution in [-0.2, 0) is 4.74 Å². The number of hydrogen-bond acceptors (Lipinski definition) is 2. The molecule has 134 valence electrons. The molecule has 1 aromatic carbocycles. The van der Waals surface area contributed by atoms with E-state index in [1.54, 1.807) is 7.11 Å². The van der Waals surface area contributed by atoms with Crippen molar-refractivity contribution in [2.45, 2.75) is 31.8 Å². The van der Waals surface area contributed by atoms with Crippen LogP contribution in [0.15, 0.2) is 35.3 Å². The third-order valence-electron chi connectivity index (χ3n) is 5.39. The molecule has 0 spiro atoms. The van der Waals surface area contributed by atoms with Crippen LogP contribution in [0.4, 0.5) is 0 Å². The van der Waals surface area contributed by atoms with Gasteiger partial charge in [0.2, 0.25) is 0 Å². The minimum Gasteiger partial charge on any atom is -0.375 e. The zero-order valence-electron chi connectivity index (χ0n) is 14.8. The quantitative estimate of drug-likeness (QED) is 0.438. The van der Waals surface area contributed by atoms with E-state index in [4.69, 9.17) is 4.74 Å². The largest absolute Gasteiger partial charge is 0.375 e. The Hall–Kier alpha value is -0.820. The first kappa shape index (κ1) is 19.5. The molecule has 1 saturated heterocycles.